The number of hydrogen-bond donors (Lipinski definition) is 1. The van der Waals surface area contributed by atoms with E-state index in [-0.39, 0.29) is 11.5 Å². The molecular weight excluding hydrogens is 326 g/mol. The van der Waals surface area contributed by atoms with Crippen LogP contribution in [0.4, 0.5) is 5.69 Å². The molecule has 3 aromatic rings. The highest BCUT2D eigenvalue weighted by Crippen LogP contribution is 2.27. The van der Waals surface area contributed by atoms with E-state index in [1.54, 1.807) is 66.9 Å². The molecule has 0 amide bonds. The number of para-hydroxylation sites is 2. The van der Waals surface area contributed by atoms with Crippen LogP contribution in [0.3, 0.4) is 0 Å². The van der Waals surface area contributed by atoms with Gasteiger partial charge in [0, 0.05) is 0 Å². The van der Waals surface area contributed by atoms with E-state index in [2.05, 4.69) is 4.72 Å². The highest BCUT2D eigenvalue weighted by atomic mass is 32.2. The molecule has 1 N–H and O–H groups in total. The van der Waals surface area contributed by atoms with Gasteiger partial charge in [0.05, 0.1) is 16.8 Å². The minimum Gasteiger partial charge on any atom is -0.483 e. The molecule has 6 heteroatoms. The zero-order chi connectivity index (χ0) is 17.0. The van der Waals surface area contributed by atoms with Crippen LogP contribution in [-0.4, -0.2) is 8.42 Å². The molecule has 0 radical (unpaired) electrons. The van der Waals surface area contributed by atoms with Crippen molar-refractivity contribution in [1.29, 1.82) is 0 Å². The lowest BCUT2D eigenvalue weighted by molar-refractivity contribution is 0.271. The zero-order valence-corrected chi connectivity index (χ0v) is 13.9. The summed E-state index contributed by atoms with van der Waals surface area (Å²) in [5, 5.41) is 0. The standard InChI is InChI=1S/C18H17NO4S/c1-14-8-10-16(11-9-14)24(20,21)19-17-6-2-3-7-18(17)23-13-15-5-4-12-22-15/h2-12,19H,13H2,1H3. The van der Waals surface area contributed by atoms with Gasteiger partial charge in [-0.2, -0.15) is 0 Å². The second-order valence-corrected chi connectivity index (χ2v) is 6.97. The number of sulfonamides is 1. The second kappa shape index (κ2) is 6.80. The van der Waals surface area contributed by atoms with Crippen molar-refractivity contribution in [3.8, 4) is 5.75 Å². The van der Waals surface area contributed by atoms with Crippen LogP contribution in [0.5, 0.6) is 5.75 Å². The third-order valence-corrected chi connectivity index (χ3v) is 4.79. The summed E-state index contributed by atoms with van der Waals surface area (Å²) in [4.78, 5) is 0.203. The first-order valence-corrected chi connectivity index (χ1v) is 8.86. The van der Waals surface area contributed by atoms with E-state index in [0.717, 1.165) is 5.56 Å². The van der Waals surface area contributed by atoms with Crippen LogP contribution in [-0.2, 0) is 16.6 Å². The summed E-state index contributed by atoms with van der Waals surface area (Å²) in [6.45, 7) is 2.12. The van der Waals surface area contributed by atoms with Crippen molar-refractivity contribution in [2.75, 3.05) is 4.72 Å². The van der Waals surface area contributed by atoms with Crippen LogP contribution in [0, 0.1) is 6.92 Å². The highest BCUT2D eigenvalue weighted by Gasteiger charge is 2.16. The Kier molecular flexibility index (Phi) is 4.57. The Morgan fingerprint density at radius 3 is 2.46 bits per heavy atom. The van der Waals surface area contributed by atoms with Gasteiger partial charge in [-0.1, -0.05) is 29.8 Å². The Balaban J connectivity index is 1.80. The van der Waals surface area contributed by atoms with Gasteiger partial charge in [-0.15, -0.1) is 0 Å². The van der Waals surface area contributed by atoms with E-state index in [0.29, 0.717) is 17.2 Å². The van der Waals surface area contributed by atoms with Gasteiger partial charge < -0.3 is 9.15 Å². The number of anilines is 1. The fraction of sp³-hybridized carbons (Fsp3) is 0.111. The van der Waals surface area contributed by atoms with Crippen LogP contribution < -0.4 is 9.46 Å². The van der Waals surface area contributed by atoms with Gasteiger partial charge in [0.15, 0.2) is 0 Å². The molecule has 0 fully saturated rings. The summed E-state index contributed by atoms with van der Waals surface area (Å²) in [7, 11) is -3.68. The first kappa shape index (κ1) is 16.1. The first-order chi connectivity index (χ1) is 11.5. The normalized spacial score (nSPS) is 11.2. The molecule has 0 bridgehead atoms. The van der Waals surface area contributed by atoms with Crippen molar-refractivity contribution in [3.63, 3.8) is 0 Å². The number of hydrogen-bond acceptors (Lipinski definition) is 4. The second-order valence-electron chi connectivity index (χ2n) is 5.28. The molecule has 0 spiro atoms. The van der Waals surface area contributed by atoms with Crippen molar-refractivity contribution >= 4 is 15.7 Å². The van der Waals surface area contributed by atoms with E-state index < -0.39 is 10.0 Å². The Hall–Kier alpha value is -2.73. The third-order valence-electron chi connectivity index (χ3n) is 3.41. The predicted molar refractivity (Wildman–Crippen MR) is 91.5 cm³/mol. The quantitative estimate of drug-likeness (QED) is 0.735. The molecule has 0 atom stereocenters. The molecule has 0 aliphatic carbocycles. The Morgan fingerprint density at radius 1 is 1.00 bits per heavy atom. The summed E-state index contributed by atoms with van der Waals surface area (Å²) < 4.78 is 38.5. The van der Waals surface area contributed by atoms with E-state index >= 15 is 0 Å². The van der Waals surface area contributed by atoms with Gasteiger partial charge in [0.2, 0.25) is 0 Å². The Morgan fingerprint density at radius 2 is 1.75 bits per heavy atom. The van der Waals surface area contributed by atoms with Crippen LogP contribution in [0.15, 0.2) is 76.2 Å². The van der Waals surface area contributed by atoms with Gasteiger partial charge >= 0.3 is 0 Å². The first-order valence-electron chi connectivity index (χ1n) is 7.38. The summed E-state index contributed by atoms with van der Waals surface area (Å²) >= 11 is 0. The molecule has 0 aliphatic heterocycles. The lowest BCUT2D eigenvalue weighted by Gasteiger charge is -2.13. The number of rotatable bonds is 6. The molecule has 24 heavy (non-hydrogen) atoms. The molecule has 0 saturated carbocycles. The van der Waals surface area contributed by atoms with E-state index in [4.69, 9.17) is 9.15 Å². The summed E-state index contributed by atoms with van der Waals surface area (Å²) in [5.74, 6) is 1.09. The molecule has 3 rings (SSSR count). The lowest BCUT2D eigenvalue weighted by atomic mass is 10.2. The van der Waals surface area contributed by atoms with Crippen molar-refractivity contribution in [2.45, 2.75) is 18.4 Å². The SMILES string of the molecule is Cc1ccc(S(=O)(=O)Nc2ccccc2OCc2ccco2)cc1. The molecule has 1 aromatic heterocycles. The van der Waals surface area contributed by atoms with E-state index in [9.17, 15) is 8.42 Å². The Bertz CT molecular complexity index is 900. The summed E-state index contributed by atoms with van der Waals surface area (Å²) in [6.07, 6.45) is 1.56. The molecule has 0 saturated heterocycles. The average molecular weight is 343 g/mol. The van der Waals surface area contributed by atoms with E-state index in [1.165, 1.54) is 0 Å². The van der Waals surface area contributed by atoms with Gasteiger partial charge in [0.25, 0.3) is 10.0 Å². The van der Waals surface area contributed by atoms with Gasteiger partial charge in [0.1, 0.15) is 18.1 Å². The van der Waals surface area contributed by atoms with Crippen LogP contribution >= 0.6 is 0 Å². The minimum atomic E-state index is -3.68. The zero-order valence-electron chi connectivity index (χ0n) is 13.1. The molecule has 2 aromatic carbocycles. The fourth-order valence-corrected chi connectivity index (χ4v) is 3.21. The number of ether oxygens (including phenoxy) is 1. The molecule has 124 valence electrons. The third kappa shape index (κ3) is 3.78. The molecule has 0 unspecified atom stereocenters. The van der Waals surface area contributed by atoms with Crippen molar-refractivity contribution in [2.24, 2.45) is 0 Å². The summed E-state index contributed by atoms with van der Waals surface area (Å²) in [6, 6.07) is 17.1. The molecular formula is C18H17NO4S. The van der Waals surface area contributed by atoms with Crippen molar-refractivity contribution < 1.29 is 17.6 Å². The van der Waals surface area contributed by atoms with Gasteiger partial charge in [-0.05, 0) is 43.3 Å². The van der Waals surface area contributed by atoms with Crippen molar-refractivity contribution in [1.82, 2.24) is 0 Å². The smallest absolute Gasteiger partial charge is 0.262 e. The minimum absolute atomic E-state index is 0.203. The molecule has 5 nitrogen and oxygen atoms in total. The highest BCUT2D eigenvalue weighted by molar-refractivity contribution is 7.92. The monoisotopic (exact) mass is 343 g/mol. The maximum Gasteiger partial charge on any atom is 0.262 e. The number of nitrogens with one attached hydrogen (secondary N) is 1. The fourth-order valence-electron chi connectivity index (χ4n) is 2.14. The van der Waals surface area contributed by atoms with Gasteiger partial charge in [-0.25, -0.2) is 8.42 Å². The van der Waals surface area contributed by atoms with Crippen LogP contribution in [0.2, 0.25) is 0 Å². The number of benzene rings is 2. The van der Waals surface area contributed by atoms with Crippen LogP contribution in [0.25, 0.3) is 0 Å². The Labute approximate surface area is 140 Å². The lowest BCUT2D eigenvalue weighted by Crippen LogP contribution is -2.13. The van der Waals surface area contributed by atoms with Crippen LogP contribution in [0.1, 0.15) is 11.3 Å². The van der Waals surface area contributed by atoms with E-state index in [1.807, 2.05) is 6.92 Å². The summed E-state index contributed by atoms with van der Waals surface area (Å²) in [5.41, 5.74) is 1.38. The average Bonchev–Trinajstić information content (AvgIpc) is 3.07. The maximum atomic E-state index is 12.5. The number of furan rings is 1. The topological polar surface area (TPSA) is 68.5 Å². The van der Waals surface area contributed by atoms with Gasteiger partial charge in [-0.3, -0.25) is 4.72 Å². The maximum absolute atomic E-state index is 12.5. The largest absolute Gasteiger partial charge is 0.483 e. The molecule has 1 heterocycles. The number of aryl methyl sites for hydroxylation is 1. The van der Waals surface area contributed by atoms with Crippen molar-refractivity contribution in [3.05, 3.63) is 78.3 Å². The predicted octanol–water partition coefficient (Wildman–Crippen LogP) is 3.97. The molecule has 0 aliphatic rings.